The van der Waals surface area contributed by atoms with E-state index in [1.165, 1.54) is 11.8 Å². The van der Waals surface area contributed by atoms with Crippen LogP contribution in [-0.4, -0.2) is 22.4 Å². The van der Waals surface area contributed by atoms with E-state index in [0.717, 1.165) is 32.6 Å². The molecule has 33 heavy (non-hydrogen) atoms. The van der Waals surface area contributed by atoms with Crippen molar-refractivity contribution in [2.45, 2.75) is 18.4 Å². The van der Waals surface area contributed by atoms with Crippen molar-refractivity contribution in [3.8, 4) is 0 Å². The second-order valence-electron chi connectivity index (χ2n) is 7.37. The van der Waals surface area contributed by atoms with E-state index in [1.54, 1.807) is 24.4 Å². The fourth-order valence-electron chi connectivity index (χ4n) is 3.53. The Morgan fingerprint density at radius 3 is 2.52 bits per heavy atom. The SMILES string of the molecule is Cc1c(/C=N\NC(=O)CSc2ccc(Cl)cc2)c2ccccc2n1Cc1ccc(Cl)cc1Cl. The Hall–Kier alpha value is -2.44. The van der Waals surface area contributed by atoms with Gasteiger partial charge in [0.05, 0.1) is 12.0 Å². The summed E-state index contributed by atoms with van der Waals surface area (Å²) >= 11 is 19.8. The van der Waals surface area contributed by atoms with E-state index in [2.05, 4.69) is 21.2 Å². The molecule has 0 saturated heterocycles. The molecule has 0 fully saturated rings. The van der Waals surface area contributed by atoms with Crippen LogP contribution in [0.5, 0.6) is 0 Å². The summed E-state index contributed by atoms with van der Waals surface area (Å²) in [6.07, 6.45) is 1.70. The minimum Gasteiger partial charge on any atom is -0.340 e. The number of carbonyl (C=O) groups excluding carboxylic acids is 1. The topological polar surface area (TPSA) is 46.4 Å². The minimum atomic E-state index is -0.180. The molecule has 8 heteroatoms. The number of aromatic nitrogens is 1. The van der Waals surface area contributed by atoms with Gasteiger partial charge in [0.1, 0.15) is 0 Å². The van der Waals surface area contributed by atoms with Crippen LogP contribution >= 0.6 is 46.6 Å². The van der Waals surface area contributed by atoms with Gasteiger partial charge in [0.15, 0.2) is 0 Å². The second kappa shape index (κ2) is 10.7. The Morgan fingerprint density at radius 1 is 1.03 bits per heavy atom. The summed E-state index contributed by atoms with van der Waals surface area (Å²) in [5.74, 6) is 0.0787. The number of hydrazone groups is 1. The first-order valence-corrected chi connectivity index (χ1v) is 12.3. The van der Waals surface area contributed by atoms with Gasteiger partial charge in [-0.3, -0.25) is 4.79 Å². The van der Waals surface area contributed by atoms with Gasteiger partial charge in [0.25, 0.3) is 0 Å². The van der Waals surface area contributed by atoms with E-state index in [-0.39, 0.29) is 11.7 Å². The lowest BCUT2D eigenvalue weighted by molar-refractivity contribution is -0.118. The first-order chi connectivity index (χ1) is 15.9. The van der Waals surface area contributed by atoms with E-state index >= 15 is 0 Å². The highest BCUT2D eigenvalue weighted by atomic mass is 35.5. The Balaban J connectivity index is 1.50. The number of benzene rings is 3. The zero-order chi connectivity index (χ0) is 23.4. The van der Waals surface area contributed by atoms with Gasteiger partial charge in [-0.15, -0.1) is 11.8 Å². The number of amides is 1. The maximum absolute atomic E-state index is 12.2. The highest BCUT2D eigenvalue weighted by molar-refractivity contribution is 8.00. The average Bonchev–Trinajstić information content (AvgIpc) is 3.06. The first kappa shape index (κ1) is 23.7. The van der Waals surface area contributed by atoms with Crippen LogP contribution in [0.25, 0.3) is 10.9 Å². The summed E-state index contributed by atoms with van der Waals surface area (Å²) in [4.78, 5) is 13.2. The molecule has 0 atom stereocenters. The lowest BCUT2D eigenvalue weighted by Gasteiger charge is -2.10. The third-order valence-corrected chi connectivity index (χ3v) is 7.04. The van der Waals surface area contributed by atoms with Crippen molar-refractivity contribution in [2.75, 3.05) is 5.75 Å². The molecule has 1 heterocycles. The van der Waals surface area contributed by atoms with E-state index in [0.29, 0.717) is 21.6 Å². The number of hydrogen-bond donors (Lipinski definition) is 1. The molecule has 0 aliphatic heterocycles. The van der Waals surface area contributed by atoms with Crippen LogP contribution in [0.3, 0.4) is 0 Å². The standard InChI is InChI=1S/C25H20Cl3N3OS/c1-16-22(13-29-30-25(32)15-33-20-10-8-18(26)9-11-20)21-4-2-3-5-24(21)31(16)14-17-6-7-19(27)12-23(17)28/h2-13H,14-15H2,1H3,(H,30,32)/b29-13-. The van der Waals surface area contributed by atoms with Crippen molar-refractivity contribution >= 4 is 69.6 Å². The fourth-order valence-corrected chi connectivity index (χ4v) is 4.81. The molecule has 0 saturated carbocycles. The van der Waals surface area contributed by atoms with Gasteiger partial charge >= 0.3 is 0 Å². The third kappa shape index (κ3) is 5.74. The fraction of sp³-hybridized carbons (Fsp3) is 0.120. The summed E-state index contributed by atoms with van der Waals surface area (Å²) in [6.45, 7) is 2.63. The number of nitrogens with zero attached hydrogens (tertiary/aromatic N) is 2. The van der Waals surface area contributed by atoms with Crippen LogP contribution in [-0.2, 0) is 11.3 Å². The van der Waals surface area contributed by atoms with E-state index in [4.69, 9.17) is 34.8 Å². The number of thioether (sulfide) groups is 1. The number of rotatable bonds is 7. The largest absolute Gasteiger partial charge is 0.340 e. The first-order valence-electron chi connectivity index (χ1n) is 10.1. The van der Waals surface area contributed by atoms with Crippen LogP contribution in [0, 0.1) is 6.92 Å². The van der Waals surface area contributed by atoms with Crippen LogP contribution < -0.4 is 5.43 Å². The van der Waals surface area contributed by atoms with E-state index in [9.17, 15) is 4.79 Å². The number of para-hydroxylation sites is 1. The summed E-state index contributed by atoms with van der Waals surface area (Å²) in [5, 5.41) is 7.16. The summed E-state index contributed by atoms with van der Waals surface area (Å²) in [6, 6.07) is 21.0. The van der Waals surface area contributed by atoms with Gasteiger partial charge in [-0.25, -0.2) is 5.43 Å². The summed E-state index contributed by atoms with van der Waals surface area (Å²) in [7, 11) is 0. The van der Waals surface area contributed by atoms with Gasteiger partial charge in [0, 0.05) is 48.7 Å². The molecule has 0 radical (unpaired) electrons. The van der Waals surface area contributed by atoms with Gasteiger partial charge in [-0.2, -0.15) is 5.10 Å². The monoisotopic (exact) mass is 515 g/mol. The smallest absolute Gasteiger partial charge is 0.250 e. The summed E-state index contributed by atoms with van der Waals surface area (Å²) in [5.41, 5.74) is 6.62. The van der Waals surface area contributed by atoms with Crippen molar-refractivity contribution in [3.63, 3.8) is 0 Å². The third-order valence-electron chi connectivity index (χ3n) is 5.19. The van der Waals surface area contributed by atoms with Crippen LogP contribution in [0.4, 0.5) is 0 Å². The minimum absolute atomic E-state index is 0.180. The Bertz CT molecular complexity index is 1330. The van der Waals surface area contributed by atoms with Crippen LogP contribution in [0.2, 0.25) is 15.1 Å². The Kier molecular flexibility index (Phi) is 7.66. The predicted octanol–water partition coefficient (Wildman–Crippen LogP) is 7.20. The molecule has 0 aliphatic carbocycles. The van der Waals surface area contributed by atoms with Gasteiger partial charge in [-0.1, -0.05) is 59.1 Å². The van der Waals surface area contributed by atoms with Gasteiger partial charge in [-0.05, 0) is 55.0 Å². The molecular weight excluding hydrogens is 497 g/mol. The van der Waals surface area contributed by atoms with Crippen molar-refractivity contribution in [2.24, 2.45) is 5.10 Å². The van der Waals surface area contributed by atoms with Crippen molar-refractivity contribution in [3.05, 3.63) is 98.6 Å². The zero-order valence-electron chi connectivity index (χ0n) is 17.7. The van der Waals surface area contributed by atoms with E-state index < -0.39 is 0 Å². The molecule has 0 aliphatic rings. The lowest BCUT2D eigenvalue weighted by atomic mass is 10.1. The molecule has 4 nitrogen and oxygen atoms in total. The molecule has 1 N–H and O–H groups in total. The second-order valence-corrected chi connectivity index (χ2v) is 9.70. The molecule has 0 spiro atoms. The number of halogens is 3. The number of hydrogen-bond acceptors (Lipinski definition) is 3. The summed E-state index contributed by atoms with van der Waals surface area (Å²) < 4.78 is 2.18. The number of nitrogens with one attached hydrogen (secondary N) is 1. The molecular formula is C25H20Cl3N3OS. The van der Waals surface area contributed by atoms with Crippen LogP contribution in [0.1, 0.15) is 16.8 Å². The maximum atomic E-state index is 12.2. The quantitative estimate of drug-likeness (QED) is 0.160. The lowest BCUT2D eigenvalue weighted by Crippen LogP contribution is -2.19. The Morgan fingerprint density at radius 2 is 1.76 bits per heavy atom. The maximum Gasteiger partial charge on any atom is 0.250 e. The Labute approximate surface area is 211 Å². The molecule has 3 aromatic carbocycles. The molecule has 0 bridgehead atoms. The van der Waals surface area contributed by atoms with Crippen molar-refractivity contribution < 1.29 is 4.79 Å². The van der Waals surface area contributed by atoms with Crippen molar-refractivity contribution in [1.29, 1.82) is 0 Å². The van der Waals surface area contributed by atoms with Crippen LogP contribution in [0.15, 0.2) is 76.7 Å². The normalized spacial score (nSPS) is 11.4. The molecule has 168 valence electrons. The van der Waals surface area contributed by atoms with Crippen molar-refractivity contribution in [1.82, 2.24) is 9.99 Å². The average molecular weight is 517 g/mol. The number of carbonyl (C=O) groups is 1. The molecule has 4 aromatic rings. The molecule has 1 amide bonds. The number of fused-ring (bicyclic) bond motifs is 1. The zero-order valence-corrected chi connectivity index (χ0v) is 20.8. The molecule has 0 unspecified atom stereocenters. The van der Waals surface area contributed by atoms with E-state index in [1.807, 2.05) is 49.4 Å². The predicted molar refractivity (Wildman–Crippen MR) is 140 cm³/mol. The van der Waals surface area contributed by atoms with Gasteiger partial charge < -0.3 is 4.57 Å². The molecule has 4 rings (SSSR count). The highest BCUT2D eigenvalue weighted by Crippen LogP contribution is 2.28. The van der Waals surface area contributed by atoms with Gasteiger partial charge in [0.2, 0.25) is 5.91 Å². The molecule has 1 aromatic heterocycles. The highest BCUT2D eigenvalue weighted by Gasteiger charge is 2.14.